The monoisotopic (exact) mass is 236 g/mol. The lowest BCUT2D eigenvalue weighted by molar-refractivity contribution is -0.500. The van der Waals surface area contributed by atoms with E-state index in [0.717, 1.165) is 18.5 Å². The molecule has 0 amide bonds. The van der Waals surface area contributed by atoms with Crippen LogP contribution in [0.3, 0.4) is 0 Å². The number of hydrogen-bond donors (Lipinski definition) is 3. The van der Waals surface area contributed by atoms with Crippen molar-refractivity contribution in [1.29, 1.82) is 0 Å². The number of hydrazone groups is 1. The minimum absolute atomic E-state index is 0.601. The maximum Gasteiger partial charge on any atom is 0.223 e. The van der Waals surface area contributed by atoms with Crippen LogP contribution in [-0.2, 0) is 6.42 Å². The van der Waals surface area contributed by atoms with E-state index in [1.165, 1.54) is 5.56 Å². The summed E-state index contributed by atoms with van der Waals surface area (Å²) >= 11 is 5.00. The van der Waals surface area contributed by atoms with Gasteiger partial charge in [0.05, 0.1) is 0 Å². The summed E-state index contributed by atoms with van der Waals surface area (Å²) in [5, 5.41) is 6.53. The Morgan fingerprint density at radius 1 is 1.31 bits per heavy atom. The fourth-order valence-electron chi connectivity index (χ4n) is 1.24. The quantitative estimate of drug-likeness (QED) is 0.396. The molecule has 1 aromatic rings. The zero-order chi connectivity index (χ0) is 11.8. The Morgan fingerprint density at radius 3 is 2.56 bits per heavy atom. The van der Waals surface area contributed by atoms with Gasteiger partial charge in [0.1, 0.15) is 0 Å². The number of nitrogens with one attached hydrogen (secondary N) is 3. The number of aryl methyl sites for hydroxylation is 1. The second kappa shape index (κ2) is 6.95. The van der Waals surface area contributed by atoms with E-state index in [-0.39, 0.29) is 0 Å². The molecule has 0 aromatic heterocycles. The van der Waals surface area contributed by atoms with Crippen LogP contribution >= 0.6 is 12.2 Å². The third kappa shape index (κ3) is 4.40. The molecule has 0 aliphatic heterocycles. The molecule has 16 heavy (non-hydrogen) atoms. The van der Waals surface area contributed by atoms with E-state index in [0.29, 0.717) is 5.11 Å². The summed E-state index contributed by atoms with van der Waals surface area (Å²) in [5.41, 5.74) is 5.33. The first-order valence-electron chi connectivity index (χ1n) is 5.47. The Labute approximate surface area is 102 Å². The molecule has 1 rings (SSSR count). The number of hydrogen-bond acceptors (Lipinski definition) is 1. The summed E-state index contributed by atoms with van der Waals surface area (Å²) in [4.78, 5) is 0. The van der Waals surface area contributed by atoms with Crippen molar-refractivity contribution < 1.29 is 5.10 Å². The standard InChI is InChI=1S/C12H17N3S/c1-3-10-5-7-11(8-6-10)9-14-15-12(16)13-4-2/h5-9H,3-4H2,1-2H3,(H2,13,15,16)/p+1. The third-order valence-corrected chi connectivity index (χ3v) is 2.40. The lowest BCUT2D eigenvalue weighted by Crippen LogP contribution is -2.82. The van der Waals surface area contributed by atoms with Gasteiger partial charge in [0.15, 0.2) is 6.21 Å². The summed E-state index contributed by atoms with van der Waals surface area (Å²) in [6, 6.07) is 8.39. The fraction of sp³-hybridized carbons (Fsp3) is 0.333. The predicted molar refractivity (Wildman–Crippen MR) is 71.4 cm³/mol. The molecule has 0 atom stereocenters. The summed E-state index contributed by atoms with van der Waals surface area (Å²) in [6.45, 7) is 4.97. The van der Waals surface area contributed by atoms with Gasteiger partial charge in [0.25, 0.3) is 0 Å². The van der Waals surface area contributed by atoms with Crippen LogP contribution in [0.1, 0.15) is 25.0 Å². The minimum Gasteiger partial charge on any atom is -0.359 e. The molecule has 1 aromatic carbocycles. The molecule has 0 fully saturated rings. The maximum absolute atomic E-state index is 5.00. The smallest absolute Gasteiger partial charge is 0.223 e. The Kier molecular flexibility index (Phi) is 5.50. The highest BCUT2D eigenvalue weighted by Crippen LogP contribution is 2.01. The number of hydrazine groups is 1. The summed E-state index contributed by atoms with van der Waals surface area (Å²) in [7, 11) is 0. The molecule has 0 aliphatic carbocycles. The van der Waals surface area contributed by atoms with Gasteiger partial charge in [0, 0.05) is 12.1 Å². The molecule has 0 saturated carbocycles. The predicted octanol–water partition coefficient (Wildman–Crippen LogP) is 0.148. The van der Waals surface area contributed by atoms with E-state index < -0.39 is 0 Å². The molecule has 3 nitrogen and oxygen atoms in total. The normalized spacial score (nSPS) is 10.4. The summed E-state index contributed by atoms with van der Waals surface area (Å²) in [6.07, 6.45) is 2.94. The van der Waals surface area contributed by atoms with Crippen LogP contribution in [0.5, 0.6) is 0 Å². The molecule has 0 radical (unpaired) electrons. The van der Waals surface area contributed by atoms with Gasteiger partial charge in [-0.05, 0) is 43.3 Å². The molecule has 0 unspecified atom stereocenters. The van der Waals surface area contributed by atoms with Crippen molar-refractivity contribution in [1.82, 2.24) is 10.7 Å². The van der Waals surface area contributed by atoms with Gasteiger partial charge < -0.3 is 5.32 Å². The second-order valence-electron chi connectivity index (χ2n) is 3.37. The van der Waals surface area contributed by atoms with Crippen molar-refractivity contribution in [2.75, 3.05) is 6.54 Å². The van der Waals surface area contributed by atoms with E-state index in [1.54, 1.807) is 0 Å². The van der Waals surface area contributed by atoms with E-state index in [9.17, 15) is 0 Å². The Morgan fingerprint density at radius 2 is 2.00 bits per heavy atom. The van der Waals surface area contributed by atoms with Crippen LogP contribution < -0.4 is 15.8 Å². The Balaban J connectivity index is 2.46. The molecule has 86 valence electrons. The molecule has 0 saturated heterocycles. The molecule has 0 bridgehead atoms. The lowest BCUT2D eigenvalue weighted by Gasteiger charge is -1.98. The van der Waals surface area contributed by atoms with E-state index in [2.05, 4.69) is 47.0 Å². The zero-order valence-electron chi connectivity index (χ0n) is 9.71. The molecule has 4 heteroatoms. The van der Waals surface area contributed by atoms with Crippen LogP contribution in [-0.4, -0.2) is 17.9 Å². The molecular weight excluding hydrogens is 218 g/mol. The van der Waals surface area contributed by atoms with Crippen molar-refractivity contribution in [3.63, 3.8) is 0 Å². The van der Waals surface area contributed by atoms with E-state index in [1.807, 2.05) is 13.1 Å². The van der Waals surface area contributed by atoms with Crippen LogP contribution in [0.25, 0.3) is 0 Å². The van der Waals surface area contributed by atoms with Crippen molar-refractivity contribution >= 4 is 23.5 Å². The average Bonchev–Trinajstić information content (AvgIpc) is 2.30. The fourth-order valence-corrected chi connectivity index (χ4v) is 1.44. The van der Waals surface area contributed by atoms with Gasteiger partial charge in [-0.1, -0.05) is 19.1 Å². The first-order valence-corrected chi connectivity index (χ1v) is 5.88. The van der Waals surface area contributed by atoms with Crippen molar-refractivity contribution in [3.05, 3.63) is 35.4 Å². The highest BCUT2D eigenvalue weighted by molar-refractivity contribution is 7.80. The van der Waals surface area contributed by atoms with Gasteiger partial charge in [-0.2, -0.15) is 0 Å². The maximum atomic E-state index is 5.00. The van der Waals surface area contributed by atoms with Crippen LogP contribution in [0, 0.1) is 0 Å². The zero-order valence-corrected chi connectivity index (χ0v) is 10.5. The molecule has 0 spiro atoms. The van der Waals surface area contributed by atoms with Crippen LogP contribution in [0.2, 0.25) is 0 Å². The topological polar surface area (TPSA) is 38.0 Å². The molecule has 0 aliphatic rings. The van der Waals surface area contributed by atoms with Gasteiger partial charge in [-0.3, -0.25) is 0 Å². The van der Waals surface area contributed by atoms with Crippen molar-refractivity contribution in [2.45, 2.75) is 20.3 Å². The summed E-state index contributed by atoms with van der Waals surface area (Å²) < 4.78 is 0. The molecule has 0 heterocycles. The highest BCUT2D eigenvalue weighted by Gasteiger charge is 1.94. The van der Waals surface area contributed by atoms with E-state index >= 15 is 0 Å². The Bertz CT molecular complexity index is 357. The molecule has 3 N–H and O–H groups in total. The van der Waals surface area contributed by atoms with Crippen LogP contribution in [0.15, 0.2) is 24.3 Å². The Hall–Kier alpha value is -1.42. The van der Waals surface area contributed by atoms with Crippen molar-refractivity contribution in [3.8, 4) is 0 Å². The van der Waals surface area contributed by atoms with Crippen LogP contribution in [0.4, 0.5) is 0 Å². The molecular formula is C12H18N3S+. The second-order valence-corrected chi connectivity index (χ2v) is 3.78. The van der Waals surface area contributed by atoms with Crippen molar-refractivity contribution in [2.24, 2.45) is 0 Å². The minimum atomic E-state index is 0.601. The van der Waals surface area contributed by atoms with Gasteiger partial charge in [-0.25, -0.2) is 0 Å². The van der Waals surface area contributed by atoms with Gasteiger partial charge in [0.2, 0.25) is 5.11 Å². The third-order valence-electron chi connectivity index (χ3n) is 2.15. The van der Waals surface area contributed by atoms with Gasteiger partial charge in [-0.15, -0.1) is 10.5 Å². The number of thiocarbonyl (C=S) groups is 1. The summed E-state index contributed by atoms with van der Waals surface area (Å²) in [5.74, 6) is 0. The first kappa shape index (κ1) is 12.6. The van der Waals surface area contributed by atoms with E-state index in [4.69, 9.17) is 12.2 Å². The lowest BCUT2D eigenvalue weighted by atomic mass is 10.1. The largest absolute Gasteiger partial charge is 0.359 e. The number of benzene rings is 1. The van der Waals surface area contributed by atoms with Gasteiger partial charge >= 0.3 is 0 Å². The first-order chi connectivity index (χ1) is 7.76. The SMILES string of the molecule is CCNC(=S)N[NH+]=Cc1ccc(CC)cc1. The highest BCUT2D eigenvalue weighted by atomic mass is 32.1. The number of rotatable bonds is 4. The average molecular weight is 236 g/mol.